The minimum absolute atomic E-state index is 0.292. The largest absolute Gasteiger partial charge is 0.311 e. The van der Waals surface area contributed by atoms with Crippen molar-refractivity contribution in [1.82, 2.24) is 15.1 Å². The molecule has 1 aromatic heterocycles. The van der Waals surface area contributed by atoms with E-state index in [1.807, 2.05) is 11.7 Å². The number of hydrogen-bond donors (Lipinski definition) is 1. The van der Waals surface area contributed by atoms with Crippen LogP contribution in [0.1, 0.15) is 38.1 Å². The Morgan fingerprint density at radius 3 is 2.75 bits per heavy atom. The summed E-state index contributed by atoms with van der Waals surface area (Å²) in [5.74, 6) is 0.671. The van der Waals surface area contributed by atoms with Crippen molar-refractivity contribution in [2.24, 2.45) is 13.0 Å². The predicted octanol–water partition coefficient (Wildman–Crippen LogP) is 2.05. The summed E-state index contributed by atoms with van der Waals surface area (Å²) >= 11 is 0. The van der Waals surface area contributed by atoms with Crippen molar-refractivity contribution in [2.45, 2.75) is 45.6 Å². The van der Waals surface area contributed by atoms with Gasteiger partial charge in [0.1, 0.15) is 0 Å². The van der Waals surface area contributed by atoms with Gasteiger partial charge < -0.3 is 5.32 Å². The first-order valence-electron chi connectivity index (χ1n) is 6.28. The van der Waals surface area contributed by atoms with E-state index in [0.717, 1.165) is 18.7 Å². The molecule has 3 nitrogen and oxygen atoms in total. The quantitative estimate of drug-likeness (QED) is 0.846. The minimum Gasteiger partial charge on any atom is -0.311 e. The zero-order valence-corrected chi connectivity index (χ0v) is 10.9. The van der Waals surface area contributed by atoms with Crippen molar-refractivity contribution in [1.29, 1.82) is 0 Å². The molecule has 2 rings (SSSR count). The van der Waals surface area contributed by atoms with Gasteiger partial charge in [0.2, 0.25) is 0 Å². The molecular weight excluding hydrogens is 198 g/mol. The van der Waals surface area contributed by atoms with Gasteiger partial charge in [-0.05, 0) is 38.3 Å². The van der Waals surface area contributed by atoms with Gasteiger partial charge in [-0.1, -0.05) is 13.8 Å². The molecular formula is C13H23N3. The summed E-state index contributed by atoms with van der Waals surface area (Å²) in [5.41, 5.74) is 2.76. The highest BCUT2D eigenvalue weighted by Gasteiger charge is 2.37. The highest BCUT2D eigenvalue weighted by atomic mass is 15.3. The second-order valence-corrected chi connectivity index (χ2v) is 5.42. The number of aryl methyl sites for hydroxylation is 2. The van der Waals surface area contributed by atoms with Crippen LogP contribution in [0.15, 0.2) is 6.07 Å². The Morgan fingerprint density at radius 1 is 1.56 bits per heavy atom. The van der Waals surface area contributed by atoms with E-state index in [1.165, 1.54) is 18.5 Å². The predicted molar refractivity (Wildman–Crippen MR) is 66.5 cm³/mol. The summed E-state index contributed by atoms with van der Waals surface area (Å²) in [5, 5.41) is 8.15. The lowest BCUT2D eigenvalue weighted by Gasteiger charge is -2.34. The highest BCUT2D eigenvalue weighted by Crippen LogP contribution is 2.31. The first-order valence-corrected chi connectivity index (χ1v) is 6.28. The molecule has 1 atom stereocenters. The molecule has 0 spiro atoms. The molecule has 0 aromatic carbocycles. The van der Waals surface area contributed by atoms with Crippen LogP contribution in [0.2, 0.25) is 0 Å². The Morgan fingerprint density at radius 2 is 2.31 bits per heavy atom. The third-order valence-electron chi connectivity index (χ3n) is 3.98. The topological polar surface area (TPSA) is 29.9 Å². The van der Waals surface area contributed by atoms with Gasteiger partial charge in [-0.2, -0.15) is 5.10 Å². The third kappa shape index (κ3) is 2.01. The van der Waals surface area contributed by atoms with Crippen LogP contribution in [0.4, 0.5) is 0 Å². The summed E-state index contributed by atoms with van der Waals surface area (Å²) in [6.45, 7) is 7.87. The van der Waals surface area contributed by atoms with E-state index in [0.29, 0.717) is 11.5 Å². The fourth-order valence-corrected chi connectivity index (χ4v) is 2.83. The van der Waals surface area contributed by atoms with Crippen molar-refractivity contribution in [3.8, 4) is 0 Å². The van der Waals surface area contributed by atoms with Gasteiger partial charge in [0.05, 0.1) is 5.69 Å². The smallest absolute Gasteiger partial charge is 0.0596 e. The Balaban J connectivity index is 2.21. The van der Waals surface area contributed by atoms with Crippen LogP contribution in [0.5, 0.6) is 0 Å². The maximum absolute atomic E-state index is 4.43. The second kappa shape index (κ2) is 4.21. The lowest BCUT2D eigenvalue weighted by atomic mass is 9.81. The first kappa shape index (κ1) is 11.6. The number of hydrogen-bond acceptors (Lipinski definition) is 2. The number of nitrogens with one attached hydrogen (secondary N) is 1. The summed E-state index contributed by atoms with van der Waals surface area (Å²) in [7, 11) is 2.05. The van der Waals surface area contributed by atoms with Gasteiger partial charge in [0, 0.05) is 24.7 Å². The van der Waals surface area contributed by atoms with E-state index >= 15 is 0 Å². The lowest BCUT2D eigenvalue weighted by Crippen LogP contribution is -2.47. The van der Waals surface area contributed by atoms with Crippen molar-refractivity contribution in [3.05, 3.63) is 17.5 Å². The average Bonchev–Trinajstić information content (AvgIpc) is 2.76. The maximum Gasteiger partial charge on any atom is 0.0596 e. The van der Waals surface area contributed by atoms with Crippen LogP contribution in [0.25, 0.3) is 0 Å². The van der Waals surface area contributed by atoms with E-state index in [1.54, 1.807) is 0 Å². The fourth-order valence-electron chi connectivity index (χ4n) is 2.83. The molecule has 2 heterocycles. The minimum atomic E-state index is 0.292. The van der Waals surface area contributed by atoms with Gasteiger partial charge in [-0.3, -0.25) is 4.68 Å². The maximum atomic E-state index is 4.43. The molecule has 1 fully saturated rings. The molecule has 90 valence electrons. The molecule has 1 aliphatic heterocycles. The highest BCUT2D eigenvalue weighted by molar-refractivity contribution is 5.14. The normalized spacial score (nSPS) is 25.6. The van der Waals surface area contributed by atoms with Crippen LogP contribution in [-0.4, -0.2) is 21.9 Å². The molecule has 0 saturated carbocycles. The van der Waals surface area contributed by atoms with Crippen molar-refractivity contribution in [2.75, 3.05) is 6.54 Å². The Labute approximate surface area is 98.2 Å². The van der Waals surface area contributed by atoms with E-state index in [9.17, 15) is 0 Å². The van der Waals surface area contributed by atoms with E-state index in [4.69, 9.17) is 0 Å². The summed E-state index contributed by atoms with van der Waals surface area (Å²) in [4.78, 5) is 0. The molecule has 0 bridgehead atoms. The van der Waals surface area contributed by atoms with E-state index < -0.39 is 0 Å². The number of rotatable bonds is 3. The lowest BCUT2D eigenvalue weighted by molar-refractivity contribution is 0.264. The van der Waals surface area contributed by atoms with E-state index in [-0.39, 0.29) is 0 Å². The van der Waals surface area contributed by atoms with Gasteiger partial charge >= 0.3 is 0 Å². The van der Waals surface area contributed by atoms with Crippen LogP contribution in [-0.2, 0) is 13.5 Å². The summed E-state index contributed by atoms with van der Waals surface area (Å²) in [6.07, 6.45) is 3.69. The van der Waals surface area contributed by atoms with Crippen molar-refractivity contribution in [3.63, 3.8) is 0 Å². The molecule has 3 heteroatoms. The van der Waals surface area contributed by atoms with Gasteiger partial charge in [-0.15, -0.1) is 0 Å². The fraction of sp³-hybridized carbons (Fsp3) is 0.769. The molecule has 1 N–H and O–H groups in total. The molecule has 16 heavy (non-hydrogen) atoms. The van der Waals surface area contributed by atoms with Crippen LogP contribution in [0, 0.1) is 12.8 Å². The van der Waals surface area contributed by atoms with Crippen molar-refractivity contribution >= 4 is 0 Å². The molecule has 1 saturated heterocycles. The van der Waals surface area contributed by atoms with Crippen molar-refractivity contribution < 1.29 is 0 Å². The number of aromatic nitrogens is 2. The average molecular weight is 221 g/mol. The first-order chi connectivity index (χ1) is 7.53. The SMILES string of the molecule is Cc1cc(CC2(C(C)C)CCCN2)n(C)n1. The third-order valence-corrected chi connectivity index (χ3v) is 3.98. The summed E-state index contributed by atoms with van der Waals surface area (Å²) in [6, 6.07) is 2.21. The Bertz CT molecular complexity index is 359. The zero-order valence-electron chi connectivity index (χ0n) is 10.9. The van der Waals surface area contributed by atoms with Crippen LogP contribution in [0.3, 0.4) is 0 Å². The molecule has 0 aliphatic carbocycles. The monoisotopic (exact) mass is 221 g/mol. The molecule has 0 amide bonds. The van der Waals surface area contributed by atoms with Crippen LogP contribution < -0.4 is 5.32 Å². The zero-order chi connectivity index (χ0) is 11.8. The van der Waals surface area contributed by atoms with Gasteiger partial charge in [-0.25, -0.2) is 0 Å². The summed E-state index contributed by atoms with van der Waals surface area (Å²) < 4.78 is 2.03. The van der Waals surface area contributed by atoms with Crippen LogP contribution >= 0.6 is 0 Å². The van der Waals surface area contributed by atoms with E-state index in [2.05, 4.69) is 37.3 Å². The molecule has 1 aliphatic rings. The second-order valence-electron chi connectivity index (χ2n) is 5.42. The standard InChI is InChI=1S/C13H23N3/c1-10(2)13(6-5-7-14-13)9-12-8-11(3)15-16(12)4/h8,10,14H,5-7,9H2,1-4H3. The molecule has 0 radical (unpaired) electrons. The van der Waals surface area contributed by atoms with Gasteiger partial charge in [0.25, 0.3) is 0 Å². The number of nitrogens with zero attached hydrogens (tertiary/aromatic N) is 2. The molecule has 1 unspecified atom stereocenters. The van der Waals surface area contributed by atoms with Gasteiger partial charge in [0.15, 0.2) is 0 Å². The molecule has 1 aromatic rings. The Kier molecular flexibility index (Phi) is 3.06. The Hall–Kier alpha value is -0.830.